The Balaban J connectivity index is 1.62. The Labute approximate surface area is 113 Å². The van der Waals surface area contributed by atoms with Gasteiger partial charge in [-0.15, -0.1) is 0 Å². The highest BCUT2D eigenvalue weighted by Gasteiger charge is 2.30. The molecular formula is C14H21N3O2. The van der Waals surface area contributed by atoms with Gasteiger partial charge in [0.05, 0.1) is 5.60 Å². The number of amides is 1. The smallest absolute Gasteiger partial charge is 0.225 e. The van der Waals surface area contributed by atoms with Crippen molar-refractivity contribution in [3.05, 3.63) is 30.3 Å². The summed E-state index contributed by atoms with van der Waals surface area (Å²) in [4.78, 5) is 11.7. The molecule has 0 aromatic heterocycles. The van der Waals surface area contributed by atoms with Crippen molar-refractivity contribution in [3.63, 3.8) is 0 Å². The first-order valence-corrected chi connectivity index (χ1v) is 6.67. The van der Waals surface area contributed by atoms with Crippen LogP contribution < -0.4 is 16.0 Å². The topological polar surface area (TPSA) is 73.4 Å². The summed E-state index contributed by atoms with van der Waals surface area (Å²) >= 11 is 0. The number of para-hydroxylation sites is 1. The van der Waals surface area contributed by atoms with E-state index in [-0.39, 0.29) is 5.91 Å². The van der Waals surface area contributed by atoms with Crippen LogP contribution in [0.5, 0.6) is 0 Å². The van der Waals surface area contributed by atoms with Crippen LogP contribution in [0.1, 0.15) is 12.8 Å². The minimum atomic E-state index is -0.657. The Morgan fingerprint density at radius 3 is 2.84 bits per heavy atom. The molecule has 4 N–H and O–H groups in total. The van der Waals surface area contributed by atoms with E-state index < -0.39 is 5.60 Å². The largest absolute Gasteiger partial charge is 0.387 e. The van der Waals surface area contributed by atoms with Crippen LogP contribution in [-0.4, -0.2) is 42.8 Å². The lowest BCUT2D eigenvalue weighted by atomic mass is 10.0. The van der Waals surface area contributed by atoms with Crippen LogP contribution in [0.15, 0.2) is 30.3 Å². The van der Waals surface area contributed by atoms with Gasteiger partial charge in [0.15, 0.2) is 0 Å². The Morgan fingerprint density at radius 2 is 2.16 bits per heavy atom. The van der Waals surface area contributed by atoms with E-state index in [4.69, 9.17) is 0 Å². The highest BCUT2D eigenvalue weighted by molar-refractivity contribution is 5.90. The zero-order valence-electron chi connectivity index (χ0n) is 11.0. The summed E-state index contributed by atoms with van der Waals surface area (Å²) in [7, 11) is 0. The molecule has 1 fully saturated rings. The number of nitrogens with one attached hydrogen (secondary N) is 3. The Morgan fingerprint density at radius 1 is 1.37 bits per heavy atom. The van der Waals surface area contributed by atoms with Gasteiger partial charge in [-0.05, 0) is 25.1 Å². The second-order valence-corrected chi connectivity index (χ2v) is 4.99. The predicted molar refractivity (Wildman–Crippen MR) is 75.0 cm³/mol. The summed E-state index contributed by atoms with van der Waals surface area (Å²) in [5.74, 6) is -0.0183. The Hall–Kier alpha value is -1.43. The van der Waals surface area contributed by atoms with E-state index in [0.717, 1.165) is 18.7 Å². The lowest BCUT2D eigenvalue weighted by Crippen LogP contribution is -2.43. The standard InChI is InChI=1S/C14H21N3O2/c18-13(17-12-4-2-1-3-5-12)6-8-15-10-14(19)7-9-16-11-14/h1-5,15-16,19H,6-11H2,(H,17,18)/t14-/m1/s1. The molecule has 0 saturated carbocycles. The van der Waals surface area contributed by atoms with Gasteiger partial charge >= 0.3 is 0 Å². The van der Waals surface area contributed by atoms with Crippen molar-refractivity contribution in [2.45, 2.75) is 18.4 Å². The molecule has 0 bridgehead atoms. The van der Waals surface area contributed by atoms with E-state index in [2.05, 4.69) is 16.0 Å². The molecule has 1 heterocycles. The molecule has 1 aromatic carbocycles. The van der Waals surface area contributed by atoms with Gasteiger partial charge in [0, 0.05) is 31.7 Å². The maximum absolute atomic E-state index is 11.7. The third-order valence-corrected chi connectivity index (χ3v) is 3.26. The number of hydrogen-bond donors (Lipinski definition) is 4. The van der Waals surface area contributed by atoms with Crippen LogP contribution in [-0.2, 0) is 4.79 Å². The molecule has 5 heteroatoms. The van der Waals surface area contributed by atoms with Crippen LogP contribution in [0.3, 0.4) is 0 Å². The average molecular weight is 263 g/mol. The molecule has 19 heavy (non-hydrogen) atoms. The number of carbonyl (C=O) groups is 1. The van der Waals surface area contributed by atoms with Gasteiger partial charge in [0.2, 0.25) is 5.91 Å². The quantitative estimate of drug-likeness (QED) is 0.558. The number of aliphatic hydroxyl groups is 1. The number of β-amino-alcohol motifs (C(OH)–C–C–N with tert-alkyl or cyclic N) is 1. The summed E-state index contributed by atoms with van der Waals surface area (Å²) in [5.41, 5.74) is 0.154. The van der Waals surface area contributed by atoms with Crippen molar-refractivity contribution in [1.82, 2.24) is 10.6 Å². The molecule has 0 spiro atoms. The maximum atomic E-state index is 11.7. The summed E-state index contributed by atoms with van der Waals surface area (Å²) in [6.45, 7) is 2.57. The SMILES string of the molecule is O=C(CCNC[C@]1(O)CCNC1)Nc1ccccc1. The first kappa shape index (κ1) is 14.0. The lowest BCUT2D eigenvalue weighted by Gasteiger charge is -2.21. The van der Waals surface area contributed by atoms with Crippen molar-refractivity contribution < 1.29 is 9.90 Å². The van der Waals surface area contributed by atoms with E-state index in [1.165, 1.54) is 0 Å². The molecule has 1 aliphatic rings. The van der Waals surface area contributed by atoms with E-state index >= 15 is 0 Å². The molecule has 0 aliphatic carbocycles. The van der Waals surface area contributed by atoms with Gasteiger partial charge in [0.25, 0.3) is 0 Å². The van der Waals surface area contributed by atoms with Gasteiger partial charge in [-0.2, -0.15) is 0 Å². The molecule has 1 saturated heterocycles. The monoisotopic (exact) mass is 263 g/mol. The molecular weight excluding hydrogens is 242 g/mol. The van der Waals surface area contributed by atoms with Gasteiger partial charge in [0.1, 0.15) is 0 Å². The van der Waals surface area contributed by atoms with Crippen molar-refractivity contribution in [1.29, 1.82) is 0 Å². The van der Waals surface area contributed by atoms with Gasteiger partial charge in [-0.3, -0.25) is 4.79 Å². The highest BCUT2D eigenvalue weighted by atomic mass is 16.3. The maximum Gasteiger partial charge on any atom is 0.225 e. The second kappa shape index (κ2) is 6.65. The van der Waals surface area contributed by atoms with Crippen molar-refractivity contribution in [2.75, 3.05) is 31.5 Å². The molecule has 5 nitrogen and oxygen atoms in total. The average Bonchev–Trinajstić information content (AvgIpc) is 2.83. The summed E-state index contributed by atoms with van der Waals surface area (Å²) in [5, 5.41) is 19.2. The fourth-order valence-corrected chi connectivity index (χ4v) is 2.15. The minimum Gasteiger partial charge on any atom is -0.387 e. The van der Waals surface area contributed by atoms with Gasteiger partial charge < -0.3 is 21.1 Å². The van der Waals surface area contributed by atoms with Crippen LogP contribution >= 0.6 is 0 Å². The number of anilines is 1. The van der Waals surface area contributed by atoms with E-state index in [1.54, 1.807) is 0 Å². The third-order valence-electron chi connectivity index (χ3n) is 3.26. The Kier molecular flexibility index (Phi) is 4.90. The normalized spacial score (nSPS) is 22.4. The molecule has 1 aliphatic heterocycles. The Bertz CT molecular complexity index is 402. The van der Waals surface area contributed by atoms with Crippen molar-refractivity contribution >= 4 is 11.6 Å². The summed E-state index contributed by atoms with van der Waals surface area (Å²) in [6.07, 6.45) is 1.16. The molecule has 104 valence electrons. The van der Waals surface area contributed by atoms with Gasteiger partial charge in [-0.1, -0.05) is 18.2 Å². The third kappa shape index (κ3) is 4.63. The number of hydrogen-bond acceptors (Lipinski definition) is 4. The predicted octanol–water partition coefficient (Wildman–Crippen LogP) is 0.329. The van der Waals surface area contributed by atoms with E-state index in [9.17, 15) is 9.90 Å². The minimum absolute atomic E-state index is 0.0183. The molecule has 0 radical (unpaired) electrons. The highest BCUT2D eigenvalue weighted by Crippen LogP contribution is 2.12. The van der Waals surface area contributed by atoms with Crippen LogP contribution in [0, 0.1) is 0 Å². The molecule has 2 rings (SSSR count). The fraction of sp³-hybridized carbons (Fsp3) is 0.500. The van der Waals surface area contributed by atoms with E-state index in [1.807, 2.05) is 30.3 Å². The fourth-order valence-electron chi connectivity index (χ4n) is 2.15. The second-order valence-electron chi connectivity index (χ2n) is 4.99. The number of benzene rings is 1. The van der Waals surface area contributed by atoms with Crippen LogP contribution in [0.2, 0.25) is 0 Å². The zero-order valence-corrected chi connectivity index (χ0v) is 11.0. The zero-order chi connectivity index (χ0) is 13.6. The first-order chi connectivity index (χ1) is 9.18. The molecule has 1 atom stereocenters. The first-order valence-electron chi connectivity index (χ1n) is 6.67. The van der Waals surface area contributed by atoms with E-state index in [0.29, 0.717) is 26.1 Å². The van der Waals surface area contributed by atoms with Crippen molar-refractivity contribution in [3.8, 4) is 0 Å². The van der Waals surface area contributed by atoms with Gasteiger partial charge in [-0.25, -0.2) is 0 Å². The van der Waals surface area contributed by atoms with Crippen molar-refractivity contribution in [2.24, 2.45) is 0 Å². The van der Waals surface area contributed by atoms with Crippen LogP contribution in [0.4, 0.5) is 5.69 Å². The number of rotatable bonds is 6. The summed E-state index contributed by atoms with van der Waals surface area (Å²) < 4.78 is 0. The molecule has 1 aromatic rings. The lowest BCUT2D eigenvalue weighted by molar-refractivity contribution is -0.116. The summed E-state index contributed by atoms with van der Waals surface area (Å²) in [6, 6.07) is 9.40. The number of carbonyl (C=O) groups excluding carboxylic acids is 1. The molecule has 0 unspecified atom stereocenters. The molecule has 1 amide bonds. The van der Waals surface area contributed by atoms with Crippen LogP contribution in [0.25, 0.3) is 0 Å².